The van der Waals surface area contributed by atoms with Crippen molar-refractivity contribution in [2.75, 3.05) is 36.4 Å². The second-order valence-corrected chi connectivity index (χ2v) is 8.61. The molecule has 5 nitrogen and oxygen atoms in total. The van der Waals surface area contributed by atoms with Gasteiger partial charge < -0.3 is 10.2 Å². The predicted molar refractivity (Wildman–Crippen MR) is 121 cm³/mol. The van der Waals surface area contributed by atoms with E-state index in [9.17, 15) is 0 Å². The molecule has 1 aromatic heterocycles. The number of likely N-dealkylation sites (tertiary alicyclic amines) is 1. The van der Waals surface area contributed by atoms with Gasteiger partial charge in [-0.3, -0.25) is 10.00 Å². The number of aromatic nitrogens is 2. The Bertz CT molecular complexity index is 943. The first-order valence-corrected chi connectivity index (χ1v) is 11.1. The maximum absolute atomic E-state index is 4.12. The number of fused-ring (bicyclic) bond motifs is 1. The van der Waals surface area contributed by atoms with Crippen LogP contribution in [0.5, 0.6) is 0 Å². The molecule has 0 amide bonds. The first-order chi connectivity index (χ1) is 14.3. The lowest BCUT2D eigenvalue weighted by Gasteiger charge is -2.34. The lowest BCUT2D eigenvalue weighted by molar-refractivity contribution is 0.208. The fourth-order valence-electron chi connectivity index (χ4n) is 4.85. The lowest BCUT2D eigenvalue weighted by Crippen LogP contribution is -2.41. The van der Waals surface area contributed by atoms with Crippen LogP contribution in [0, 0.1) is 0 Å². The van der Waals surface area contributed by atoms with E-state index < -0.39 is 0 Å². The molecule has 3 aromatic rings. The van der Waals surface area contributed by atoms with E-state index in [4.69, 9.17) is 0 Å². The minimum Gasteiger partial charge on any atom is -0.381 e. The average molecular weight is 390 g/mol. The standard InChI is InChI=1S/C24H31N5/c1-2-12-29(13-3-1)23-8-4-6-19(14-23)17-28-11-5-7-22(18-28)26-21-9-10-24-20(15-21)16-25-27-24/h4,6,8-10,14-16,22,26H,1-3,5,7,11-13,17-18H2,(H,25,27)/t22-/m0/s1. The summed E-state index contributed by atoms with van der Waals surface area (Å²) in [5, 5.41) is 12.1. The Labute approximate surface area is 173 Å². The summed E-state index contributed by atoms with van der Waals surface area (Å²) in [6, 6.07) is 16.2. The van der Waals surface area contributed by atoms with Crippen molar-refractivity contribution in [2.45, 2.75) is 44.7 Å². The van der Waals surface area contributed by atoms with Crippen molar-refractivity contribution in [3.8, 4) is 0 Å². The average Bonchev–Trinajstić information content (AvgIpc) is 3.23. The summed E-state index contributed by atoms with van der Waals surface area (Å²) in [5.74, 6) is 0. The molecule has 5 heteroatoms. The molecule has 29 heavy (non-hydrogen) atoms. The minimum atomic E-state index is 0.498. The molecule has 2 N–H and O–H groups in total. The van der Waals surface area contributed by atoms with Crippen LogP contribution in [-0.2, 0) is 6.54 Å². The number of nitrogens with zero attached hydrogens (tertiary/aromatic N) is 3. The number of rotatable bonds is 5. The van der Waals surface area contributed by atoms with Crippen molar-refractivity contribution < 1.29 is 0 Å². The molecule has 0 bridgehead atoms. The van der Waals surface area contributed by atoms with Gasteiger partial charge in [0.05, 0.1) is 11.7 Å². The number of piperidine rings is 2. The first kappa shape index (κ1) is 18.5. The Morgan fingerprint density at radius 3 is 2.86 bits per heavy atom. The Morgan fingerprint density at radius 2 is 1.93 bits per heavy atom. The Kier molecular flexibility index (Phi) is 5.39. The van der Waals surface area contributed by atoms with Crippen molar-refractivity contribution in [1.29, 1.82) is 0 Å². The van der Waals surface area contributed by atoms with Crippen LogP contribution in [0.4, 0.5) is 11.4 Å². The summed E-state index contributed by atoms with van der Waals surface area (Å²) in [4.78, 5) is 5.16. The van der Waals surface area contributed by atoms with Gasteiger partial charge in [0.2, 0.25) is 0 Å². The van der Waals surface area contributed by atoms with Crippen molar-refractivity contribution in [2.24, 2.45) is 0 Å². The van der Waals surface area contributed by atoms with Crippen molar-refractivity contribution in [3.05, 3.63) is 54.2 Å². The Morgan fingerprint density at radius 1 is 1.00 bits per heavy atom. The van der Waals surface area contributed by atoms with Crippen LogP contribution in [0.3, 0.4) is 0 Å². The fraction of sp³-hybridized carbons (Fsp3) is 0.458. The highest BCUT2D eigenvalue weighted by Gasteiger charge is 2.20. The number of H-pyrrole nitrogens is 1. The van der Waals surface area contributed by atoms with Crippen molar-refractivity contribution in [3.63, 3.8) is 0 Å². The summed E-state index contributed by atoms with van der Waals surface area (Å²) in [5.41, 5.74) is 5.13. The summed E-state index contributed by atoms with van der Waals surface area (Å²) >= 11 is 0. The highest BCUT2D eigenvalue weighted by atomic mass is 15.2. The molecule has 5 rings (SSSR count). The molecule has 0 aliphatic carbocycles. The molecular weight excluding hydrogens is 358 g/mol. The number of aromatic amines is 1. The molecular formula is C24H31N5. The quantitative estimate of drug-likeness (QED) is 0.668. The van der Waals surface area contributed by atoms with Crippen LogP contribution in [0.15, 0.2) is 48.7 Å². The maximum atomic E-state index is 4.12. The van der Waals surface area contributed by atoms with Crippen molar-refractivity contribution in [1.82, 2.24) is 15.1 Å². The molecule has 0 spiro atoms. The zero-order valence-corrected chi connectivity index (χ0v) is 17.1. The van der Waals surface area contributed by atoms with E-state index in [2.05, 4.69) is 67.8 Å². The second kappa shape index (κ2) is 8.46. The molecule has 0 radical (unpaired) electrons. The van der Waals surface area contributed by atoms with E-state index >= 15 is 0 Å². The Balaban J connectivity index is 1.21. The van der Waals surface area contributed by atoms with Gasteiger partial charge in [-0.15, -0.1) is 0 Å². The molecule has 152 valence electrons. The van der Waals surface area contributed by atoms with E-state index in [0.717, 1.165) is 24.0 Å². The van der Waals surface area contributed by atoms with Gasteiger partial charge >= 0.3 is 0 Å². The topological polar surface area (TPSA) is 47.2 Å². The number of anilines is 2. The third kappa shape index (κ3) is 4.40. The molecule has 0 saturated carbocycles. The number of hydrogen-bond acceptors (Lipinski definition) is 4. The van der Waals surface area contributed by atoms with Gasteiger partial charge in [0.1, 0.15) is 0 Å². The summed E-state index contributed by atoms with van der Waals surface area (Å²) in [7, 11) is 0. The fourth-order valence-corrected chi connectivity index (χ4v) is 4.85. The molecule has 1 atom stereocenters. The lowest BCUT2D eigenvalue weighted by atomic mass is 10.0. The van der Waals surface area contributed by atoms with E-state index in [0.29, 0.717) is 6.04 Å². The van der Waals surface area contributed by atoms with Crippen LogP contribution in [0.1, 0.15) is 37.7 Å². The van der Waals surface area contributed by atoms with Crippen molar-refractivity contribution >= 4 is 22.3 Å². The molecule has 3 heterocycles. The summed E-state index contributed by atoms with van der Waals surface area (Å²) in [6.07, 6.45) is 8.41. The van der Waals surface area contributed by atoms with Gasteiger partial charge in [0.25, 0.3) is 0 Å². The largest absolute Gasteiger partial charge is 0.381 e. The first-order valence-electron chi connectivity index (χ1n) is 11.1. The molecule has 0 unspecified atom stereocenters. The minimum absolute atomic E-state index is 0.498. The zero-order valence-electron chi connectivity index (χ0n) is 17.1. The van der Waals surface area contributed by atoms with Crippen LogP contribution >= 0.6 is 0 Å². The van der Waals surface area contributed by atoms with Crippen LogP contribution in [0.25, 0.3) is 10.9 Å². The third-order valence-electron chi connectivity index (χ3n) is 6.35. The van der Waals surface area contributed by atoms with Gasteiger partial charge in [0, 0.05) is 49.0 Å². The van der Waals surface area contributed by atoms with Gasteiger partial charge in [-0.05, 0) is 74.5 Å². The zero-order chi connectivity index (χ0) is 19.5. The SMILES string of the molecule is c1cc(CN2CCC[C@H](Nc3ccc4[nH]ncc4c3)C2)cc(N2CCCCC2)c1. The van der Waals surface area contributed by atoms with E-state index in [1.165, 1.54) is 68.7 Å². The highest BCUT2D eigenvalue weighted by Crippen LogP contribution is 2.24. The number of hydrogen-bond donors (Lipinski definition) is 2. The van der Waals surface area contributed by atoms with E-state index in [1.54, 1.807) is 0 Å². The predicted octanol–water partition coefficient (Wildman–Crippen LogP) is 4.63. The number of benzene rings is 2. The molecule has 2 fully saturated rings. The van der Waals surface area contributed by atoms with Gasteiger partial charge in [-0.25, -0.2) is 0 Å². The van der Waals surface area contributed by atoms with E-state index in [1.807, 2.05) is 6.20 Å². The van der Waals surface area contributed by atoms with E-state index in [-0.39, 0.29) is 0 Å². The van der Waals surface area contributed by atoms with Crippen LogP contribution in [-0.4, -0.2) is 47.3 Å². The summed E-state index contributed by atoms with van der Waals surface area (Å²) < 4.78 is 0. The van der Waals surface area contributed by atoms with Gasteiger partial charge in [-0.1, -0.05) is 12.1 Å². The molecule has 2 aliphatic rings. The molecule has 2 saturated heterocycles. The van der Waals surface area contributed by atoms with Crippen LogP contribution in [0.2, 0.25) is 0 Å². The Hall–Kier alpha value is -2.53. The second-order valence-electron chi connectivity index (χ2n) is 8.61. The molecule has 2 aromatic carbocycles. The van der Waals surface area contributed by atoms with Gasteiger partial charge in [-0.2, -0.15) is 5.10 Å². The monoisotopic (exact) mass is 389 g/mol. The summed E-state index contributed by atoms with van der Waals surface area (Å²) in [6.45, 7) is 5.74. The number of nitrogens with one attached hydrogen (secondary N) is 2. The third-order valence-corrected chi connectivity index (χ3v) is 6.35. The normalized spacial score (nSPS) is 20.8. The van der Waals surface area contributed by atoms with Gasteiger partial charge in [0.15, 0.2) is 0 Å². The smallest absolute Gasteiger partial charge is 0.0651 e. The van der Waals surface area contributed by atoms with Crippen LogP contribution < -0.4 is 10.2 Å². The highest BCUT2D eigenvalue weighted by molar-refractivity contribution is 5.81. The maximum Gasteiger partial charge on any atom is 0.0651 e. The molecule has 2 aliphatic heterocycles.